The molecule has 1 aromatic carbocycles. The molecule has 1 rings (SSSR count). The average molecular weight is 277 g/mol. The molecular weight excluding hydrogens is 264 g/mol. The lowest BCUT2D eigenvalue weighted by atomic mass is 10.0. The van der Waals surface area contributed by atoms with Crippen molar-refractivity contribution in [1.82, 2.24) is 0 Å². The number of rotatable bonds is 4. The largest absolute Gasteiger partial charge is 0.508 e. The Kier molecular flexibility index (Phi) is 6.07. The highest BCUT2D eigenvalue weighted by Crippen LogP contribution is 2.29. The van der Waals surface area contributed by atoms with Crippen LogP contribution in [0, 0.1) is 10.1 Å². The van der Waals surface area contributed by atoms with Crippen molar-refractivity contribution < 1.29 is 19.6 Å². The number of nitro groups is 1. The SMILES string of the molecule is COC(=O)C[C@@H](N)c1cc(O)ccc1[N+](=O)[O-].Cl. The highest BCUT2D eigenvalue weighted by atomic mass is 35.5. The molecule has 0 saturated carbocycles. The fourth-order valence-electron chi connectivity index (χ4n) is 1.38. The van der Waals surface area contributed by atoms with Gasteiger partial charge in [-0.15, -0.1) is 12.4 Å². The second-order valence-corrected chi connectivity index (χ2v) is 3.39. The van der Waals surface area contributed by atoms with Gasteiger partial charge in [-0.1, -0.05) is 0 Å². The van der Waals surface area contributed by atoms with E-state index in [-0.39, 0.29) is 35.8 Å². The van der Waals surface area contributed by atoms with Crippen molar-refractivity contribution >= 4 is 24.1 Å². The van der Waals surface area contributed by atoms with Gasteiger partial charge < -0.3 is 15.6 Å². The fraction of sp³-hybridized carbons (Fsp3) is 0.300. The van der Waals surface area contributed by atoms with Crippen LogP contribution >= 0.6 is 12.4 Å². The van der Waals surface area contributed by atoms with Crippen LogP contribution in [0.2, 0.25) is 0 Å². The second-order valence-electron chi connectivity index (χ2n) is 3.39. The van der Waals surface area contributed by atoms with E-state index >= 15 is 0 Å². The number of phenols is 1. The van der Waals surface area contributed by atoms with E-state index in [0.29, 0.717) is 0 Å². The summed E-state index contributed by atoms with van der Waals surface area (Å²) in [7, 11) is 1.20. The molecule has 7 nitrogen and oxygen atoms in total. The first kappa shape index (κ1) is 16.1. The van der Waals surface area contributed by atoms with Crippen LogP contribution in [0.15, 0.2) is 18.2 Å². The molecule has 18 heavy (non-hydrogen) atoms. The van der Waals surface area contributed by atoms with Gasteiger partial charge in [-0.2, -0.15) is 0 Å². The molecule has 0 bridgehead atoms. The number of ether oxygens (including phenoxy) is 1. The Balaban J connectivity index is 0.00000289. The van der Waals surface area contributed by atoms with Crippen LogP contribution in [-0.4, -0.2) is 23.1 Å². The fourth-order valence-corrected chi connectivity index (χ4v) is 1.38. The van der Waals surface area contributed by atoms with Gasteiger partial charge in [0.2, 0.25) is 0 Å². The zero-order valence-corrected chi connectivity index (χ0v) is 10.3. The van der Waals surface area contributed by atoms with Crippen LogP contribution in [0.3, 0.4) is 0 Å². The molecule has 0 unspecified atom stereocenters. The maximum Gasteiger partial charge on any atom is 0.307 e. The van der Waals surface area contributed by atoms with Crippen molar-refractivity contribution in [3.8, 4) is 5.75 Å². The van der Waals surface area contributed by atoms with Gasteiger partial charge in [-0.3, -0.25) is 14.9 Å². The molecular formula is C10H13ClN2O5. The monoisotopic (exact) mass is 276 g/mol. The number of nitrogens with two attached hydrogens (primary N) is 1. The highest BCUT2D eigenvalue weighted by molar-refractivity contribution is 5.85. The molecule has 0 fully saturated rings. The summed E-state index contributed by atoms with van der Waals surface area (Å²) in [5, 5.41) is 20.0. The van der Waals surface area contributed by atoms with E-state index in [2.05, 4.69) is 4.74 Å². The van der Waals surface area contributed by atoms with Crippen molar-refractivity contribution in [3.05, 3.63) is 33.9 Å². The smallest absolute Gasteiger partial charge is 0.307 e. The molecule has 0 heterocycles. The minimum atomic E-state index is -0.894. The van der Waals surface area contributed by atoms with Gasteiger partial charge >= 0.3 is 5.97 Å². The number of phenolic OH excluding ortho intramolecular Hbond substituents is 1. The summed E-state index contributed by atoms with van der Waals surface area (Å²) in [6.45, 7) is 0. The van der Waals surface area contributed by atoms with E-state index < -0.39 is 16.9 Å². The van der Waals surface area contributed by atoms with Gasteiger partial charge in [-0.25, -0.2) is 0 Å². The van der Waals surface area contributed by atoms with Crippen LogP contribution in [-0.2, 0) is 9.53 Å². The summed E-state index contributed by atoms with van der Waals surface area (Å²) in [5.41, 5.74) is 5.52. The highest BCUT2D eigenvalue weighted by Gasteiger charge is 2.22. The number of nitrogens with zero attached hydrogens (tertiary/aromatic N) is 1. The normalized spacial score (nSPS) is 11.2. The van der Waals surface area contributed by atoms with Gasteiger partial charge in [0.05, 0.1) is 24.0 Å². The van der Waals surface area contributed by atoms with E-state index in [1.54, 1.807) is 0 Å². The first-order valence-corrected chi connectivity index (χ1v) is 4.75. The molecule has 100 valence electrons. The first-order chi connectivity index (χ1) is 7.95. The van der Waals surface area contributed by atoms with E-state index in [0.717, 1.165) is 6.07 Å². The second kappa shape index (κ2) is 6.77. The van der Waals surface area contributed by atoms with Crippen molar-refractivity contribution in [1.29, 1.82) is 0 Å². The molecule has 0 aliphatic carbocycles. The van der Waals surface area contributed by atoms with E-state index in [4.69, 9.17) is 5.73 Å². The minimum Gasteiger partial charge on any atom is -0.508 e. The number of carbonyl (C=O) groups is 1. The Morgan fingerprint density at radius 2 is 2.22 bits per heavy atom. The summed E-state index contributed by atoms with van der Waals surface area (Å²) in [4.78, 5) is 21.2. The lowest BCUT2D eigenvalue weighted by Crippen LogP contribution is -2.17. The van der Waals surface area contributed by atoms with Crippen LogP contribution < -0.4 is 5.73 Å². The van der Waals surface area contributed by atoms with Crippen LogP contribution in [0.25, 0.3) is 0 Å². The maximum absolute atomic E-state index is 11.0. The number of nitro benzene ring substituents is 1. The third-order valence-corrected chi connectivity index (χ3v) is 2.22. The van der Waals surface area contributed by atoms with Gasteiger partial charge in [-0.05, 0) is 12.1 Å². The predicted molar refractivity (Wildman–Crippen MR) is 65.6 cm³/mol. The van der Waals surface area contributed by atoms with E-state index in [1.165, 1.54) is 19.2 Å². The Labute approximate surface area is 109 Å². The van der Waals surface area contributed by atoms with Crippen LogP contribution in [0.4, 0.5) is 5.69 Å². The third-order valence-electron chi connectivity index (χ3n) is 2.22. The van der Waals surface area contributed by atoms with Crippen LogP contribution in [0.1, 0.15) is 18.0 Å². The number of esters is 1. The summed E-state index contributed by atoms with van der Waals surface area (Å²) >= 11 is 0. The number of carbonyl (C=O) groups excluding carboxylic acids is 1. The lowest BCUT2D eigenvalue weighted by molar-refractivity contribution is -0.385. The van der Waals surface area contributed by atoms with Gasteiger partial charge in [0.15, 0.2) is 0 Å². The van der Waals surface area contributed by atoms with Crippen LogP contribution in [0.5, 0.6) is 5.75 Å². The Hall–Kier alpha value is -1.86. The van der Waals surface area contributed by atoms with Gasteiger partial charge in [0.25, 0.3) is 5.69 Å². The summed E-state index contributed by atoms with van der Waals surface area (Å²) in [6, 6.07) is 2.61. The Morgan fingerprint density at radius 1 is 1.61 bits per heavy atom. The molecule has 0 aliphatic heterocycles. The van der Waals surface area contributed by atoms with Gasteiger partial charge in [0, 0.05) is 12.1 Å². The topological polar surface area (TPSA) is 116 Å². The molecule has 3 N–H and O–H groups in total. The molecule has 1 atom stereocenters. The number of aromatic hydroxyl groups is 1. The first-order valence-electron chi connectivity index (χ1n) is 4.75. The summed E-state index contributed by atoms with van der Waals surface area (Å²) in [5.74, 6) is -0.721. The van der Waals surface area contributed by atoms with Crippen molar-refractivity contribution in [2.24, 2.45) is 5.73 Å². The predicted octanol–water partition coefficient (Wildman–Crippen LogP) is 1.29. The zero-order valence-electron chi connectivity index (χ0n) is 9.53. The molecule has 0 amide bonds. The summed E-state index contributed by atoms with van der Waals surface area (Å²) < 4.78 is 4.42. The zero-order chi connectivity index (χ0) is 13.0. The van der Waals surface area contributed by atoms with E-state index in [1.807, 2.05) is 0 Å². The number of halogens is 1. The van der Waals surface area contributed by atoms with Crippen molar-refractivity contribution in [2.75, 3.05) is 7.11 Å². The molecule has 0 aliphatic rings. The standard InChI is InChI=1S/C10H12N2O5.ClH/c1-17-10(14)5-8(11)7-4-6(13)2-3-9(7)12(15)16;/h2-4,8,13H,5,11H2,1H3;1H/t8-;/m1./s1. The molecule has 8 heteroatoms. The van der Waals surface area contributed by atoms with Gasteiger partial charge in [0.1, 0.15) is 5.75 Å². The Morgan fingerprint density at radius 3 is 2.72 bits per heavy atom. The molecule has 0 saturated heterocycles. The van der Waals surface area contributed by atoms with E-state index in [9.17, 15) is 20.0 Å². The molecule has 1 aromatic rings. The lowest BCUT2D eigenvalue weighted by Gasteiger charge is -2.11. The number of benzene rings is 1. The number of hydrogen-bond acceptors (Lipinski definition) is 6. The van der Waals surface area contributed by atoms with Crippen molar-refractivity contribution in [2.45, 2.75) is 12.5 Å². The Bertz CT molecular complexity index is 452. The summed E-state index contributed by atoms with van der Waals surface area (Å²) in [6.07, 6.45) is -0.194. The average Bonchev–Trinajstić information content (AvgIpc) is 2.28. The van der Waals surface area contributed by atoms with Crippen molar-refractivity contribution in [3.63, 3.8) is 0 Å². The third kappa shape index (κ3) is 3.86. The number of methoxy groups -OCH3 is 1. The minimum absolute atomic E-state index is 0. The maximum atomic E-state index is 11.0. The molecule has 0 aromatic heterocycles. The molecule has 0 spiro atoms. The quantitative estimate of drug-likeness (QED) is 0.486. The number of hydrogen-bond donors (Lipinski definition) is 2. The molecule has 0 radical (unpaired) electrons.